The standard InChI is InChI=1S/C51H76N4O6S3/c1-36(2)43-32-46(38(5)6)50(47(33-43)39(7)8)63(58,59)54-28-15-13-26-53(62(56,57)45-23-21-42(22-24-45)20-19-25-52)27-14-16-29-55(31-18-17-30-54)64(60,61)51-48(40(9)10)34-44(37(3)4)35-49(51)41(11)12/h13-18,21-24,32-41H,19-20,25-31,52H2,1-12H3/b15-13+,16-14+,18-17+. The normalized spacial score (nSPS) is 17.7. The second-order valence-corrected chi connectivity index (χ2v) is 24.6. The lowest BCUT2D eigenvalue weighted by atomic mass is 9.89. The first-order chi connectivity index (χ1) is 30.0. The molecule has 0 atom stereocenters. The summed E-state index contributed by atoms with van der Waals surface area (Å²) in [5.74, 6) is 0.0416. The molecular weight excluding hydrogens is 861 g/mol. The summed E-state index contributed by atoms with van der Waals surface area (Å²) in [5.41, 5.74) is 11.8. The molecule has 3 aromatic carbocycles. The minimum Gasteiger partial charge on any atom is -0.330 e. The fourth-order valence-corrected chi connectivity index (χ4v) is 13.2. The van der Waals surface area contributed by atoms with Crippen molar-refractivity contribution >= 4 is 30.1 Å². The number of hydrogen-bond acceptors (Lipinski definition) is 7. The summed E-state index contributed by atoms with van der Waals surface area (Å²) in [5, 5.41) is 0. The van der Waals surface area contributed by atoms with Gasteiger partial charge in [0.2, 0.25) is 30.1 Å². The Bertz CT molecular complexity index is 2280. The smallest absolute Gasteiger partial charge is 0.244 e. The molecule has 4 rings (SSSR count). The minimum atomic E-state index is -4.14. The van der Waals surface area contributed by atoms with E-state index in [2.05, 4.69) is 27.7 Å². The molecule has 0 aromatic heterocycles. The van der Waals surface area contributed by atoms with Gasteiger partial charge in [0.05, 0.1) is 14.7 Å². The van der Waals surface area contributed by atoms with E-state index in [1.54, 1.807) is 60.7 Å². The van der Waals surface area contributed by atoms with E-state index in [1.807, 2.05) is 79.7 Å². The van der Waals surface area contributed by atoms with Gasteiger partial charge >= 0.3 is 0 Å². The molecule has 3 aromatic rings. The van der Waals surface area contributed by atoms with Gasteiger partial charge in [-0.15, -0.1) is 0 Å². The van der Waals surface area contributed by atoms with Crippen LogP contribution >= 0.6 is 0 Å². The molecule has 0 aliphatic carbocycles. The van der Waals surface area contributed by atoms with Crippen molar-refractivity contribution < 1.29 is 25.3 Å². The van der Waals surface area contributed by atoms with Gasteiger partial charge in [-0.3, -0.25) is 0 Å². The number of nitrogens with two attached hydrogens (primary N) is 1. The second kappa shape index (κ2) is 22.8. The van der Waals surface area contributed by atoms with Gasteiger partial charge < -0.3 is 5.73 Å². The first-order valence-electron chi connectivity index (χ1n) is 23.1. The van der Waals surface area contributed by atoms with Crippen LogP contribution in [0.5, 0.6) is 0 Å². The number of nitrogens with zero attached hydrogens (tertiary/aromatic N) is 3. The zero-order valence-corrected chi connectivity index (χ0v) is 43.0. The molecule has 0 saturated heterocycles. The summed E-state index contributed by atoms with van der Waals surface area (Å²) in [6.45, 7) is 24.8. The van der Waals surface area contributed by atoms with Gasteiger partial charge in [0.1, 0.15) is 0 Å². The molecule has 10 nitrogen and oxygen atoms in total. The molecule has 13 heteroatoms. The summed E-state index contributed by atoms with van der Waals surface area (Å²) < 4.78 is 93.2. The third kappa shape index (κ3) is 12.7. The molecule has 0 fully saturated rings. The molecule has 1 aliphatic rings. The predicted octanol–water partition coefficient (Wildman–Crippen LogP) is 10.4. The van der Waals surface area contributed by atoms with E-state index in [9.17, 15) is 8.42 Å². The van der Waals surface area contributed by atoms with Crippen LogP contribution in [0.2, 0.25) is 0 Å². The quantitative estimate of drug-likeness (QED) is 0.150. The molecule has 0 amide bonds. The van der Waals surface area contributed by atoms with E-state index in [0.29, 0.717) is 16.3 Å². The highest BCUT2D eigenvalue weighted by atomic mass is 32.2. The van der Waals surface area contributed by atoms with Gasteiger partial charge in [0, 0.05) is 39.3 Å². The van der Waals surface area contributed by atoms with E-state index in [0.717, 1.165) is 51.8 Å². The van der Waals surface area contributed by atoms with Crippen LogP contribution in [-0.4, -0.2) is 84.0 Å². The molecule has 354 valence electrons. The molecule has 2 N–H and O–H groups in total. The zero-order chi connectivity index (χ0) is 47.7. The number of aryl methyl sites for hydroxylation is 1. The first-order valence-corrected chi connectivity index (χ1v) is 27.4. The highest BCUT2D eigenvalue weighted by molar-refractivity contribution is 7.89. The Morgan fingerprint density at radius 3 is 0.969 bits per heavy atom. The van der Waals surface area contributed by atoms with Crippen LogP contribution in [0.4, 0.5) is 0 Å². The van der Waals surface area contributed by atoms with E-state index in [1.165, 1.54) is 12.9 Å². The number of rotatable bonds is 15. The van der Waals surface area contributed by atoms with Crippen LogP contribution in [-0.2, 0) is 36.5 Å². The Hall–Kier alpha value is -3.43. The van der Waals surface area contributed by atoms with Gasteiger partial charge in [0.15, 0.2) is 0 Å². The topological polar surface area (TPSA) is 138 Å². The second-order valence-electron chi connectivity index (χ2n) is 18.9. The maximum Gasteiger partial charge on any atom is 0.244 e. The Labute approximate surface area is 387 Å². The van der Waals surface area contributed by atoms with Crippen molar-refractivity contribution in [3.05, 3.63) is 124 Å². The van der Waals surface area contributed by atoms with Gasteiger partial charge in [-0.05, 0) is 106 Å². The lowest BCUT2D eigenvalue weighted by Crippen LogP contribution is -2.34. The van der Waals surface area contributed by atoms with Crippen molar-refractivity contribution in [2.75, 3.05) is 45.8 Å². The molecule has 1 heterocycles. The van der Waals surface area contributed by atoms with Gasteiger partial charge in [-0.1, -0.05) is 156 Å². The average Bonchev–Trinajstić information content (AvgIpc) is 3.24. The van der Waals surface area contributed by atoms with Crippen LogP contribution in [0.15, 0.2) is 99.7 Å². The molecule has 0 spiro atoms. The number of hydrogen-bond donors (Lipinski definition) is 1. The van der Waals surface area contributed by atoms with Crippen molar-refractivity contribution in [3.63, 3.8) is 0 Å². The minimum absolute atomic E-state index is 0.0342. The monoisotopic (exact) mass is 936 g/mol. The van der Waals surface area contributed by atoms with Crippen molar-refractivity contribution in [3.8, 4) is 0 Å². The number of benzene rings is 3. The van der Waals surface area contributed by atoms with Gasteiger partial charge in [0.25, 0.3) is 0 Å². The largest absolute Gasteiger partial charge is 0.330 e. The molecule has 0 saturated carbocycles. The lowest BCUT2D eigenvalue weighted by molar-refractivity contribution is 0.462. The van der Waals surface area contributed by atoms with Crippen LogP contribution < -0.4 is 5.73 Å². The lowest BCUT2D eigenvalue weighted by Gasteiger charge is -2.28. The van der Waals surface area contributed by atoms with Crippen molar-refractivity contribution in [2.24, 2.45) is 5.73 Å². The summed E-state index contributed by atoms with van der Waals surface area (Å²) in [7, 11) is -12.3. The van der Waals surface area contributed by atoms with Crippen molar-refractivity contribution in [2.45, 2.75) is 146 Å². The maximum absolute atomic E-state index is 15.1. The van der Waals surface area contributed by atoms with Crippen LogP contribution in [0.25, 0.3) is 0 Å². The maximum atomic E-state index is 15.1. The van der Waals surface area contributed by atoms with Gasteiger partial charge in [-0.2, -0.15) is 12.9 Å². The van der Waals surface area contributed by atoms with Crippen LogP contribution in [0, 0.1) is 0 Å². The molecule has 0 unspecified atom stereocenters. The van der Waals surface area contributed by atoms with Crippen LogP contribution in [0.1, 0.15) is 164 Å². The Morgan fingerprint density at radius 1 is 0.438 bits per heavy atom. The predicted molar refractivity (Wildman–Crippen MR) is 265 cm³/mol. The highest BCUT2D eigenvalue weighted by Gasteiger charge is 2.34. The van der Waals surface area contributed by atoms with Crippen LogP contribution in [0.3, 0.4) is 0 Å². The van der Waals surface area contributed by atoms with E-state index >= 15 is 16.8 Å². The molecule has 1 aliphatic heterocycles. The number of sulfonamides is 3. The summed E-state index contributed by atoms with van der Waals surface area (Å²) >= 11 is 0. The highest BCUT2D eigenvalue weighted by Crippen LogP contribution is 2.38. The van der Waals surface area contributed by atoms with E-state index < -0.39 is 30.1 Å². The summed E-state index contributed by atoms with van der Waals surface area (Å²) in [6, 6.07) is 14.9. The van der Waals surface area contributed by atoms with Crippen molar-refractivity contribution in [1.82, 2.24) is 12.9 Å². The first kappa shape index (κ1) is 53.2. The van der Waals surface area contributed by atoms with E-state index in [-0.39, 0.29) is 79.7 Å². The SMILES string of the molecule is CC(C)c1cc(C(C)C)c(S(=O)(=O)N2C/C=C/CN(S(=O)(=O)c3ccc(CCCN)cc3)C/C=C/CN(S(=O)(=O)c3c(C(C)C)cc(C(C)C)cc3C(C)C)C/C=C/C2)c(C(C)C)c1. The Balaban J connectivity index is 1.91. The molecular formula is C51H76N4O6S3. The molecule has 0 bridgehead atoms. The van der Waals surface area contributed by atoms with E-state index in [4.69, 9.17) is 5.73 Å². The van der Waals surface area contributed by atoms with Gasteiger partial charge in [-0.25, -0.2) is 25.3 Å². The Kier molecular flexibility index (Phi) is 19.0. The fourth-order valence-electron chi connectivity index (χ4n) is 7.88. The average molecular weight is 937 g/mol. The zero-order valence-electron chi connectivity index (χ0n) is 40.5. The van der Waals surface area contributed by atoms with Crippen molar-refractivity contribution in [1.29, 1.82) is 0 Å². The molecule has 0 radical (unpaired) electrons. The fraction of sp³-hybridized carbons (Fsp3) is 0.529. The molecule has 64 heavy (non-hydrogen) atoms. The Morgan fingerprint density at radius 2 is 0.719 bits per heavy atom. The summed E-state index contributed by atoms with van der Waals surface area (Å²) in [6.07, 6.45) is 11.8. The third-order valence-electron chi connectivity index (χ3n) is 11.9. The summed E-state index contributed by atoms with van der Waals surface area (Å²) in [4.78, 5) is 0.712. The third-order valence-corrected chi connectivity index (χ3v) is 17.7.